The second-order valence-corrected chi connectivity index (χ2v) is 18.2. The number of fused-ring (bicyclic) bond motifs is 1. The molecule has 0 unspecified atom stereocenters. The van der Waals surface area contributed by atoms with Gasteiger partial charge in [-0.05, 0) is 115 Å². The number of piperazine rings is 1. The van der Waals surface area contributed by atoms with E-state index in [4.69, 9.17) is 37.4 Å². The predicted octanol–water partition coefficient (Wildman–Crippen LogP) is 9.85. The van der Waals surface area contributed by atoms with Crippen LogP contribution in [0.5, 0.6) is 23.0 Å². The Bertz CT molecular complexity index is 2610. The molecule has 2 fully saturated rings. The van der Waals surface area contributed by atoms with E-state index in [1.807, 2.05) is 60.7 Å². The third-order valence-electron chi connectivity index (χ3n) is 12.8. The molecule has 1 aromatic heterocycles. The molecule has 0 spiro atoms. The maximum Gasteiger partial charge on any atom is 0.573 e. The van der Waals surface area contributed by atoms with Crippen molar-refractivity contribution in [3.05, 3.63) is 142 Å². The van der Waals surface area contributed by atoms with E-state index < -0.39 is 11.9 Å². The monoisotopic (exact) mass is 972 g/mol. The van der Waals surface area contributed by atoms with Crippen molar-refractivity contribution in [3.63, 3.8) is 0 Å². The molecular formula is C52H57Cl2F3N6O5. The Balaban J connectivity index is 0.907. The molecule has 5 aromatic carbocycles. The molecule has 8 rings (SSSR count). The number of benzene rings is 5. The average Bonchev–Trinajstić information content (AvgIpc) is 3.70. The highest BCUT2D eigenvalue weighted by atomic mass is 35.5. The van der Waals surface area contributed by atoms with Gasteiger partial charge in [0.05, 0.1) is 14.2 Å². The topological polar surface area (TPSA) is 101 Å². The van der Waals surface area contributed by atoms with E-state index in [-0.39, 0.29) is 11.7 Å². The van der Waals surface area contributed by atoms with Crippen molar-refractivity contribution in [1.82, 2.24) is 30.3 Å². The highest BCUT2D eigenvalue weighted by molar-refractivity contribution is 6.36. The van der Waals surface area contributed by atoms with Gasteiger partial charge >= 0.3 is 6.36 Å². The van der Waals surface area contributed by atoms with Crippen molar-refractivity contribution < 1.29 is 36.9 Å². The number of amides is 1. The fraction of sp³-hybridized carbons (Fsp3) is 0.365. The maximum absolute atomic E-state index is 14.1. The summed E-state index contributed by atoms with van der Waals surface area (Å²) in [4.78, 5) is 18.9. The van der Waals surface area contributed by atoms with Crippen LogP contribution in [0, 0.1) is 0 Å². The van der Waals surface area contributed by atoms with Crippen LogP contribution in [0.4, 0.5) is 13.2 Å². The van der Waals surface area contributed by atoms with Crippen molar-refractivity contribution in [2.75, 3.05) is 60.0 Å². The summed E-state index contributed by atoms with van der Waals surface area (Å²) >= 11 is 12.9. The Morgan fingerprint density at radius 2 is 1.41 bits per heavy atom. The van der Waals surface area contributed by atoms with Gasteiger partial charge in [-0.1, -0.05) is 59.6 Å². The van der Waals surface area contributed by atoms with Crippen LogP contribution in [0.1, 0.15) is 41.5 Å². The van der Waals surface area contributed by atoms with Crippen LogP contribution >= 0.6 is 23.2 Å². The number of hydrogen-bond donors (Lipinski definition) is 3. The van der Waals surface area contributed by atoms with E-state index in [1.165, 1.54) is 12.1 Å². The van der Waals surface area contributed by atoms with Crippen LogP contribution in [0.2, 0.25) is 10.0 Å². The van der Waals surface area contributed by atoms with E-state index in [9.17, 15) is 18.0 Å². The number of carbonyl (C=O) groups excluding carboxylic acids is 1. The number of nitrogens with zero attached hydrogens (tertiary/aromatic N) is 3. The molecule has 6 aromatic rings. The van der Waals surface area contributed by atoms with Crippen molar-refractivity contribution in [1.29, 1.82) is 0 Å². The number of carbonyl (C=O) groups is 1. The molecule has 0 atom stereocenters. The van der Waals surface area contributed by atoms with Gasteiger partial charge in [-0.15, -0.1) is 13.2 Å². The van der Waals surface area contributed by atoms with E-state index in [2.05, 4.69) is 59.5 Å². The molecule has 360 valence electrons. The lowest BCUT2D eigenvalue weighted by Crippen LogP contribution is -2.61. The molecule has 16 heteroatoms. The number of hydrogen-bond acceptors (Lipinski definition) is 9. The molecule has 2 aliphatic heterocycles. The number of alkyl halides is 3. The Labute approximate surface area is 405 Å². The number of rotatable bonds is 19. The van der Waals surface area contributed by atoms with Crippen LogP contribution < -0.4 is 34.9 Å². The zero-order valence-electron chi connectivity index (χ0n) is 38.3. The summed E-state index contributed by atoms with van der Waals surface area (Å²) in [7, 11) is 3.23. The van der Waals surface area contributed by atoms with E-state index in [0.29, 0.717) is 92.4 Å². The van der Waals surface area contributed by atoms with E-state index >= 15 is 0 Å². The summed E-state index contributed by atoms with van der Waals surface area (Å²) < 4.78 is 62.4. The predicted molar refractivity (Wildman–Crippen MR) is 261 cm³/mol. The Hall–Kier alpha value is -5.48. The minimum Gasteiger partial charge on any atom is -0.497 e. The average molecular weight is 974 g/mol. The van der Waals surface area contributed by atoms with Gasteiger partial charge in [0.1, 0.15) is 35.1 Å². The van der Waals surface area contributed by atoms with Gasteiger partial charge in [-0.2, -0.15) is 0 Å². The quantitative estimate of drug-likeness (QED) is 0.0686. The number of nitrogens with one attached hydrogen (secondary N) is 3. The van der Waals surface area contributed by atoms with Crippen molar-refractivity contribution in [3.8, 4) is 34.1 Å². The number of halogens is 5. The van der Waals surface area contributed by atoms with E-state index in [1.54, 1.807) is 26.4 Å². The summed E-state index contributed by atoms with van der Waals surface area (Å²) in [5, 5.41) is 12.6. The third-order valence-corrected chi connectivity index (χ3v) is 13.5. The molecule has 0 bridgehead atoms. The molecule has 2 aliphatic rings. The Kier molecular flexibility index (Phi) is 16.1. The smallest absolute Gasteiger partial charge is 0.497 e. The lowest BCUT2D eigenvalue weighted by atomic mass is 9.87. The molecule has 0 aliphatic carbocycles. The second-order valence-electron chi connectivity index (χ2n) is 17.4. The number of aryl methyl sites for hydroxylation is 1. The Morgan fingerprint density at radius 3 is 2.09 bits per heavy atom. The molecule has 2 saturated heterocycles. The van der Waals surface area contributed by atoms with Gasteiger partial charge in [0.25, 0.3) is 0 Å². The first-order valence-corrected chi connectivity index (χ1v) is 23.7. The first-order valence-electron chi connectivity index (χ1n) is 22.9. The first-order chi connectivity index (χ1) is 32.9. The molecular weight excluding hydrogens is 917 g/mol. The summed E-state index contributed by atoms with van der Waals surface area (Å²) in [5.41, 5.74) is 5.91. The standard InChI is InChI=1S/C52H57Cl2F3N6O5/c1-65-42-27-38(28-43(30-42)66-2)35-67-41-7-3-6-36(26-41)31-60-51(16-19-58-20-17-51)50(64)59-18-5-21-63-34-45(39-11-13-40(14-12-39)68-52(55,56)57)44-29-37(10-15-49(44)63)32-61-22-24-62(25-23-61)33-46-47(53)8-4-9-48(46)54/h3-4,6-15,26-30,34,58,60H,5,16-25,31-33,35H2,1-2H3,(H,59,64). The molecule has 11 nitrogen and oxygen atoms in total. The number of piperidine rings is 1. The van der Waals surface area contributed by atoms with Gasteiger partial charge < -0.3 is 34.1 Å². The zero-order chi connectivity index (χ0) is 47.7. The summed E-state index contributed by atoms with van der Waals surface area (Å²) in [5.74, 6) is 1.78. The van der Waals surface area contributed by atoms with Crippen LogP contribution in [-0.4, -0.2) is 92.2 Å². The SMILES string of the molecule is COc1cc(COc2cccc(CNC3(C(=O)NCCCn4cc(-c5ccc(OC(F)(F)F)cc5)c5cc(CN6CCN(Cc7c(Cl)cccc7Cl)CC6)ccc54)CCNCC3)c2)cc(OC)c1. The van der Waals surface area contributed by atoms with Crippen molar-refractivity contribution >= 4 is 40.0 Å². The Morgan fingerprint density at radius 1 is 0.750 bits per heavy atom. The normalized spacial score (nSPS) is 15.6. The minimum absolute atomic E-state index is 0.0317. The van der Waals surface area contributed by atoms with Crippen LogP contribution in [0.3, 0.4) is 0 Å². The molecule has 1 amide bonds. The molecule has 68 heavy (non-hydrogen) atoms. The van der Waals surface area contributed by atoms with Gasteiger partial charge in [0.2, 0.25) is 5.91 Å². The second kappa shape index (κ2) is 22.3. The lowest BCUT2D eigenvalue weighted by molar-refractivity contribution is -0.274. The van der Waals surface area contributed by atoms with Gasteiger partial charge in [-0.3, -0.25) is 19.9 Å². The maximum atomic E-state index is 14.1. The van der Waals surface area contributed by atoms with E-state index in [0.717, 1.165) is 77.0 Å². The zero-order valence-corrected chi connectivity index (χ0v) is 39.8. The third kappa shape index (κ3) is 12.6. The summed E-state index contributed by atoms with van der Waals surface area (Å²) in [6.07, 6.45) is -0.794. The van der Waals surface area contributed by atoms with Crippen LogP contribution in [0.15, 0.2) is 109 Å². The van der Waals surface area contributed by atoms with Crippen LogP contribution in [-0.2, 0) is 37.6 Å². The van der Waals surface area contributed by atoms with Gasteiger partial charge in [0, 0.05) is 103 Å². The number of ether oxygens (including phenoxy) is 4. The highest BCUT2D eigenvalue weighted by Crippen LogP contribution is 2.35. The number of aromatic nitrogens is 1. The van der Waals surface area contributed by atoms with Crippen molar-refractivity contribution in [2.45, 2.75) is 63.9 Å². The van der Waals surface area contributed by atoms with Gasteiger partial charge in [-0.25, -0.2) is 0 Å². The largest absolute Gasteiger partial charge is 0.573 e. The molecule has 3 N–H and O–H groups in total. The summed E-state index contributed by atoms with van der Waals surface area (Å²) in [6, 6.07) is 31.6. The molecule has 0 saturated carbocycles. The highest BCUT2D eigenvalue weighted by Gasteiger charge is 2.39. The lowest BCUT2D eigenvalue weighted by Gasteiger charge is -2.37. The fourth-order valence-corrected chi connectivity index (χ4v) is 9.57. The minimum atomic E-state index is -4.78. The number of methoxy groups -OCH3 is 2. The summed E-state index contributed by atoms with van der Waals surface area (Å²) in [6.45, 7) is 8.24. The van der Waals surface area contributed by atoms with Crippen LogP contribution in [0.25, 0.3) is 22.0 Å². The first kappa shape index (κ1) is 49.0. The molecule has 3 heterocycles. The van der Waals surface area contributed by atoms with Gasteiger partial charge in [0.15, 0.2) is 0 Å². The van der Waals surface area contributed by atoms with Crippen molar-refractivity contribution in [2.24, 2.45) is 0 Å². The fourth-order valence-electron chi connectivity index (χ4n) is 9.06. The molecule has 0 radical (unpaired) electrons.